The van der Waals surface area contributed by atoms with Crippen molar-refractivity contribution in [1.29, 1.82) is 0 Å². The van der Waals surface area contributed by atoms with Crippen LogP contribution in [-0.2, 0) is 14.6 Å². The first-order valence-corrected chi connectivity index (χ1v) is 16.3. The lowest BCUT2D eigenvalue weighted by atomic mass is 10.1. The van der Waals surface area contributed by atoms with E-state index >= 15 is 0 Å². The molecule has 2 heterocycles. The lowest BCUT2D eigenvalue weighted by Gasteiger charge is -2.28. The van der Waals surface area contributed by atoms with Crippen LogP contribution in [0, 0.1) is 0 Å². The Kier molecular flexibility index (Phi) is 9.91. The predicted molar refractivity (Wildman–Crippen MR) is 177 cm³/mol. The Morgan fingerprint density at radius 3 is 2.47 bits per heavy atom. The first-order chi connectivity index (χ1) is 21.7. The van der Waals surface area contributed by atoms with E-state index in [1.165, 1.54) is 13.2 Å². The zero-order valence-electron chi connectivity index (χ0n) is 24.8. The number of anilines is 7. The number of nitrogens with two attached hydrogens (primary N) is 1. The maximum absolute atomic E-state index is 13.1. The average molecular weight is 652 g/mol. The van der Waals surface area contributed by atoms with Crippen LogP contribution in [0.15, 0.2) is 71.6 Å². The molecule has 4 aromatic rings. The molecule has 236 valence electrons. The minimum atomic E-state index is -3.54. The maximum Gasteiger partial charge on any atom is 0.255 e. The first kappa shape index (κ1) is 31.8. The number of para-hydroxylation sites is 1. The van der Waals surface area contributed by atoms with Crippen molar-refractivity contribution < 1.29 is 22.7 Å². The molecule has 1 saturated heterocycles. The number of nitrogens with one attached hydrogen (secondary N) is 3. The van der Waals surface area contributed by atoms with Crippen LogP contribution in [0.3, 0.4) is 0 Å². The minimum absolute atomic E-state index is 0.00678. The highest BCUT2D eigenvalue weighted by atomic mass is 35.5. The zero-order valence-corrected chi connectivity index (χ0v) is 26.4. The van der Waals surface area contributed by atoms with Gasteiger partial charge >= 0.3 is 0 Å². The fourth-order valence-electron chi connectivity index (χ4n) is 4.79. The van der Waals surface area contributed by atoms with Crippen molar-refractivity contribution >= 4 is 67.7 Å². The van der Waals surface area contributed by atoms with Crippen LogP contribution >= 0.6 is 11.6 Å². The third kappa shape index (κ3) is 7.56. The molecule has 1 amide bonds. The highest BCUT2D eigenvalue weighted by Crippen LogP contribution is 2.34. The van der Waals surface area contributed by atoms with Gasteiger partial charge in [-0.25, -0.2) is 8.42 Å². The number of benzene rings is 3. The number of carbonyl (C=O) groups excluding carboxylic acids is 1. The Morgan fingerprint density at radius 1 is 1.02 bits per heavy atom. The topological polar surface area (TPSA) is 161 Å². The summed E-state index contributed by atoms with van der Waals surface area (Å²) in [5.74, 6) is 0.194. The number of hydrogen-bond donors (Lipinski definition) is 4. The van der Waals surface area contributed by atoms with Crippen LogP contribution in [0.1, 0.15) is 23.7 Å². The van der Waals surface area contributed by atoms with Crippen LogP contribution in [0.5, 0.6) is 5.75 Å². The van der Waals surface area contributed by atoms with E-state index in [0.29, 0.717) is 48.0 Å². The lowest BCUT2D eigenvalue weighted by Crippen LogP contribution is -2.36. The van der Waals surface area contributed by atoms with Gasteiger partial charge in [-0.3, -0.25) is 4.79 Å². The van der Waals surface area contributed by atoms with Crippen molar-refractivity contribution in [3.05, 3.63) is 77.3 Å². The van der Waals surface area contributed by atoms with Gasteiger partial charge in [-0.2, -0.15) is 9.97 Å². The van der Waals surface area contributed by atoms with Gasteiger partial charge in [0.25, 0.3) is 5.91 Å². The summed E-state index contributed by atoms with van der Waals surface area (Å²) in [6.07, 6.45) is 0.469. The highest BCUT2D eigenvalue weighted by Gasteiger charge is 2.20. The molecule has 5 N–H and O–H groups in total. The summed E-state index contributed by atoms with van der Waals surface area (Å²) in [7, 11) is -2.06. The molecule has 14 heteroatoms. The standard InChI is InChI=1S/C31H34ClN7O5S/c1-3-18-45(41,42)26-7-5-4-6-24(26)35-29-27(32)28(33)37-31(38-29)36-23-13-8-20(19-25(23)43-2)30(40)34-21-9-11-22(12-10-21)39-14-16-44-17-15-39/h4-13,19H,3,14-18H2,1-2H3,(H,34,40)(H4,33,35,36,37,38). The number of nitrogen functional groups attached to an aromatic ring is 1. The number of halogens is 1. The molecular weight excluding hydrogens is 618 g/mol. The number of amides is 1. The molecule has 0 radical (unpaired) electrons. The summed E-state index contributed by atoms with van der Waals surface area (Å²) in [4.78, 5) is 24.1. The van der Waals surface area contributed by atoms with Crippen molar-refractivity contribution in [2.45, 2.75) is 18.2 Å². The van der Waals surface area contributed by atoms with Gasteiger partial charge in [-0.1, -0.05) is 30.7 Å². The summed E-state index contributed by atoms with van der Waals surface area (Å²) in [5, 5.41) is 8.98. The van der Waals surface area contributed by atoms with Gasteiger partial charge in [0.05, 0.1) is 42.3 Å². The molecule has 0 aliphatic carbocycles. The third-order valence-electron chi connectivity index (χ3n) is 7.04. The van der Waals surface area contributed by atoms with Gasteiger partial charge in [0.15, 0.2) is 15.7 Å². The number of ether oxygens (including phenoxy) is 2. The van der Waals surface area contributed by atoms with Crippen LogP contribution in [0.25, 0.3) is 0 Å². The third-order valence-corrected chi connectivity index (χ3v) is 9.38. The van der Waals surface area contributed by atoms with E-state index in [1.807, 2.05) is 24.3 Å². The normalized spacial score (nSPS) is 13.3. The molecule has 12 nitrogen and oxygen atoms in total. The van der Waals surface area contributed by atoms with Crippen molar-refractivity contribution in [2.24, 2.45) is 0 Å². The first-order valence-electron chi connectivity index (χ1n) is 14.3. The largest absolute Gasteiger partial charge is 0.495 e. The predicted octanol–water partition coefficient (Wildman–Crippen LogP) is 5.48. The van der Waals surface area contributed by atoms with Crippen LogP contribution in [0.2, 0.25) is 5.02 Å². The summed E-state index contributed by atoms with van der Waals surface area (Å²) in [6, 6.07) is 19.0. The van der Waals surface area contributed by atoms with Gasteiger partial charge in [0.2, 0.25) is 5.95 Å². The summed E-state index contributed by atoms with van der Waals surface area (Å²) in [5.41, 5.74) is 8.96. The minimum Gasteiger partial charge on any atom is -0.495 e. The van der Waals surface area contributed by atoms with E-state index in [-0.39, 0.29) is 39.2 Å². The number of hydrogen-bond acceptors (Lipinski definition) is 11. The molecule has 0 spiro atoms. The Balaban J connectivity index is 1.32. The molecule has 1 aromatic heterocycles. The van der Waals surface area contributed by atoms with Crippen LogP contribution in [-0.4, -0.2) is 63.5 Å². The number of sulfone groups is 1. The molecule has 1 aliphatic rings. The van der Waals surface area contributed by atoms with Crippen molar-refractivity contribution in [3.8, 4) is 5.75 Å². The Bertz CT molecular complexity index is 1780. The van der Waals surface area contributed by atoms with Gasteiger partial charge < -0.3 is 36.1 Å². The van der Waals surface area contributed by atoms with E-state index in [2.05, 4.69) is 30.8 Å². The highest BCUT2D eigenvalue weighted by molar-refractivity contribution is 7.91. The smallest absolute Gasteiger partial charge is 0.255 e. The second-order valence-corrected chi connectivity index (χ2v) is 12.6. The van der Waals surface area contributed by atoms with Crippen molar-refractivity contribution in [3.63, 3.8) is 0 Å². The second-order valence-electron chi connectivity index (χ2n) is 10.2. The molecule has 0 bridgehead atoms. The van der Waals surface area contributed by atoms with E-state index in [4.69, 9.17) is 26.8 Å². The van der Waals surface area contributed by atoms with Crippen LogP contribution in [0.4, 0.5) is 40.3 Å². The molecule has 0 unspecified atom stereocenters. The molecule has 0 saturated carbocycles. The zero-order chi connectivity index (χ0) is 32.0. The summed E-state index contributed by atoms with van der Waals surface area (Å²) >= 11 is 6.41. The Hall–Kier alpha value is -4.59. The SMILES string of the molecule is CCCS(=O)(=O)c1ccccc1Nc1nc(Nc2ccc(C(=O)Nc3ccc(N4CCOCC4)cc3)cc2OC)nc(N)c1Cl. The number of carbonyl (C=O) groups is 1. The summed E-state index contributed by atoms with van der Waals surface area (Å²) in [6.45, 7) is 4.84. The van der Waals surface area contributed by atoms with E-state index in [1.54, 1.807) is 43.3 Å². The lowest BCUT2D eigenvalue weighted by molar-refractivity contribution is 0.102. The Morgan fingerprint density at radius 2 is 1.76 bits per heavy atom. The number of morpholine rings is 1. The molecule has 3 aromatic carbocycles. The quantitative estimate of drug-likeness (QED) is 0.162. The number of methoxy groups -OCH3 is 1. The van der Waals surface area contributed by atoms with E-state index in [9.17, 15) is 13.2 Å². The molecule has 5 rings (SSSR count). The fraction of sp³-hybridized carbons (Fsp3) is 0.258. The average Bonchev–Trinajstić information content (AvgIpc) is 3.04. The number of aromatic nitrogens is 2. The van der Waals surface area contributed by atoms with Crippen molar-refractivity contribution in [2.75, 3.05) is 65.7 Å². The number of rotatable bonds is 11. The van der Waals surface area contributed by atoms with Crippen molar-refractivity contribution in [1.82, 2.24) is 9.97 Å². The Labute approximate surface area is 266 Å². The van der Waals surface area contributed by atoms with Gasteiger partial charge in [0, 0.05) is 30.0 Å². The molecule has 0 atom stereocenters. The fourth-order valence-corrected chi connectivity index (χ4v) is 6.42. The van der Waals surface area contributed by atoms with Gasteiger partial charge in [-0.15, -0.1) is 0 Å². The van der Waals surface area contributed by atoms with Gasteiger partial charge in [-0.05, 0) is 61.0 Å². The second kappa shape index (κ2) is 14.0. The van der Waals surface area contributed by atoms with E-state index < -0.39 is 9.84 Å². The molecule has 1 fully saturated rings. The summed E-state index contributed by atoms with van der Waals surface area (Å²) < 4.78 is 36.6. The number of nitrogens with zero attached hydrogens (tertiary/aromatic N) is 3. The maximum atomic E-state index is 13.1. The van der Waals surface area contributed by atoms with Gasteiger partial charge in [0.1, 0.15) is 16.6 Å². The molecular formula is C31H34ClN7O5S. The monoisotopic (exact) mass is 651 g/mol. The van der Waals surface area contributed by atoms with E-state index in [0.717, 1.165) is 18.8 Å². The molecule has 1 aliphatic heterocycles. The van der Waals surface area contributed by atoms with Crippen LogP contribution < -0.4 is 31.3 Å². The molecule has 45 heavy (non-hydrogen) atoms.